The maximum absolute atomic E-state index is 11.1. The summed E-state index contributed by atoms with van der Waals surface area (Å²) in [7, 11) is 0. The average Bonchev–Trinajstić information content (AvgIpc) is 2.25. The van der Waals surface area contributed by atoms with Gasteiger partial charge in [-0.15, -0.1) is 0 Å². The van der Waals surface area contributed by atoms with Crippen molar-refractivity contribution in [1.29, 1.82) is 0 Å². The molecule has 7 nitrogen and oxygen atoms in total. The monoisotopic (exact) mass is 274 g/mol. The minimum atomic E-state index is -0.867. The Labute approximate surface area is 111 Å². The van der Waals surface area contributed by atoms with Crippen molar-refractivity contribution >= 4 is 17.9 Å². The van der Waals surface area contributed by atoms with Crippen molar-refractivity contribution in [2.24, 2.45) is 0 Å². The van der Waals surface area contributed by atoms with Crippen LogP contribution in [0.5, 0.6) is 0 Å². The third-order valence-corrected chi connectivity index (χ3v) is 2.60. The van der Waals surface area contributed by atoms with Crippen molar-refractivity contribution in [2.75, 3.05) is 6.61 Å². The van der Waals surface area contributed by atoms with E-state index in [9.17, 15) is 14.4 Å². The number of hydrogen-bond donors (Lipinski definition) is 0. The highest BCUT2D eigenvalue weighted by molar-refractivity contribution is 5.68. The summed E-state index contributed by atoms with van der Waals surface area (Å²) in [5, 5.41) is 0. The van der Waals surface area contributed by atoms with Gasteiger partial charge in [0.1, 0.15) is 0 Å². The van der Waals surface area contributed by atoms with Crippen LogP contribution in [0.2, 0.25) is 0 Å². The largest absolute Gasteiger partial charge is 0.456 e. The molecule has 7 heteroatoms. The lowest BCUT2D eigenvalue weighted by atomic mass is 10.0. The first kappa shape index (κ1) is 15.4. The summed E-state index contributed by atoms with van der Waals surface area (Å²) >= 11 is 0. The van der Waals surface area contributed by atoms with Crippen LogP contribution in [-0.4, -0.2) is 48.9 Å². The molecular weight excluding hydrogens is 256 g/mol. The molecule has 0 spiro atoms. The molecule has 0 N–H and O–H groups in total. The number of rotatable bonds is 3. The predicted molar refractivity (Wildman–Crippen MR) is 62.1 cm³/mol. The molecule has 0 aliphatic carbocycles. The van der Waals surface area contributed by atoms with Gasteiger partial charge in [-0.3, -0.25) is 14.4 Å². The van der Waals surface area contributed by atoms with Gasteiger partial charge in [0.05, 0.1) is 12.7 Å². The molecule has 0 aromatic heterocycles. The van der Waals surface area contributed by atoms with E-state index < -0.39 is 42.3 Å². The molecule has 0 aromatic rings. The Kier molecular flexibility index (Phi) is 5.29. The molecule has 1 aliphatic rings. The molecule has 1 heterocycles. The van der Waals surface area contributed by atoms with Gasteiger partial charge in [0.15, 0.2) is 18.3 Å². The van der Waals surface area contributed by atoms with Crippen molar-refractivity contribution in [3.05, 3.63) is 0 Å². The van der Waals surface area contributed by atoms with E-state index in [0.29, 0.717) is 0 Å². The Morgan fingerprint density at radius 2 is 1.37 bits per heavy atom. The molecule has 1 aliphatic heterocycles. The quantitative estimate of drug-likeness (QED) is 0.536. The molecule has 4 atom stereocenters. The van der Waals surface area contributed by atoms with Gasteiger partial charge in [0.2, 0.25) is 0 Å². The number of carbonyl (C=O) groups excluding carboxylic acids is 3. The first-order valence-electron chi connectivity index (χ1n) is 5.94. The Morgan fingerprint density at radius 1 is 0.895 bits per heavy atom. The van der Waals surface area contributed by atoms with Crippen molar-refractivity contribution in [3.63, 3.8) is 0 Å². The van der Waals surface area contributed by atoms with Gasteiger partial charge in [-0.25, -0.2) is 0 Å². The van der Waals surface area contributed by atoms with Crippen molar-refractivity contribution in [3.8, 4) is 0 Å². The minimum absolute atomic E-state index is 0.0798. The van der Waals surface area contributed by atoms with Crippen LogP contribution in [0.4, 0.5) is 0 Å². The topological polar surface area (TPSA) is 88.1 Å². The fourth-order valence-electron chi connectivity index (χ4n) is 1.92. The molecule has 0 bridgehead atoms. The molecule has 0 saturated carbocycles. The Hall–Kier alpha value is -1.63. The number of hydrogen-bond acceptors (Lipinski definition) is 7. The molecule has 0 amide bonds. The van der Waals surface area contributed by atoms with Crippen molar-refractivity contribution in [1.82, 2.24) is 0 Å². The summed E-state index contributed by atoms with van der Waals surface area (Å²) in [5.41, 5.74) is 0. The van der Waals surface area contributed by atoms with Gasteiger partial charge in [0.25, 0.3) is 0 Å². The molecule has 1 rings (SSSR count). The van der Waals surface area contributed by atoms with E-state index in [1.54, 1.807) is 6.92 Å². The smallest absolute Gasteiger partial charge is 0.303 e. The first-order valence-corrected chi connectivity index (χ1v) is 5.94. The van der Waals surface area contributed by atoms with E-state index in [0.717, 1.165) is 0 Å². The predicted octanol–water partition coefficient (Wildman–Crippen LogP) is 0.200. The third-order valence-electron chi connectivity index (χ3n) is 2.60. The Bertz CT molecular complexity index is 365. The molecule has 1 unspecified atom stereocenters. The summed E-state index contributed by atoms with van der Waals surface area (Å²) < 4.78 is 20.6. The lowest BCUT2D eigenvalue weighted by molar-refractivity contribution is -0.222. The van der Waals surface area contributed by atoms with Crippen LogP contribution >= 0.6 is 0 Å². The summed E-state index contributed by atoms with van der Waals surface area (Å²) in [6, 6.07) is 0. The molecular formula is C12H18O7. The fourth-order valence-corrected chi connectivity index (χ4v) is 1.92. The second-order valence-electron chi connectivity index (χ2n) is 4.33. The average molecular weight is 274 g/mol. The summed E-state index contributed by atoms with van der Waals surface area (Å²) in [4.78, 5) is 33.3. The molecule has 1 fully saturated rings. The van der Waals surface area contributed by atoms with E-state index in [1.165, 1.54) is 20.8 Å². The number of ether oxygens (including phenoxy) is 4. The van der Waals surface area contributed by atoms with E-state index in [2.05, 4.69) is 0 Å². The maximum Gasteiger partial charge on any atom is 0.303 e. The van der Waals surface area contributed by atoms with Gasteiger partial charge in [-0.1, -0.05) is 0 Å². The number of esters is 3. The zero-order valence-electron chi connectivity index (χ0n) is 11.4. The second kappa shape index (κ2) is 6.51. The van der Waals surface area contributed by atoms with Crippen LogP contribution in [0.1, 0.15) is 27.7 Å². The Morgan fingerprint density at radius 3 is 1.84 bits per heavy atom. The number of carbonyl (C=O) groups is 3. The SMILES string of the molecule is CC(=O)O[C@H]1[C@H](OC(C)=O)C(C)OC[C@H]1OC(C)=O. The molecule has 0 aromatic carbocycles. The summed E-state index contributed by atoms with van der Waals surface area (Å²) in [6.45, 7) is 5.48. The summed E-state index contributed by atoms with van der Waals surface area (Å²) in [6.07, 6.45) is -2.92. The highest BCUT2D eigenvalue weighted by atomic mass is 16.6. The standard InChI is InChI=1S/C12H18O7/c1-6-11(18-8(3)14)12(19-9(4)15)10(5-16-6)17-7(2)13/h6,10-12H,5H2,1-4H3/t6?,10-,11-,12-/m1/s1. The fraction of sp³-hybridized carbons (Fsp3) is 0.750. The summed E-state index contributed by atoms with van der Waals surface area (Å²) in [5.74, 6) is -1.60. The van der Waals surface area contributed by atoms with Crippen molar-refractivity contribution < 1.29 is 33.3 Å². The van der Waals surface area contributed by atoms with Crippen LogP contribution in [0.15, 0.2) is 0 Å². The van der Waals surface area contributed by atoms with Gasteiger partial charge in [-0.05, 0) is 6.92 Å². The maximum atomic E-state index is 11.1. The Balaban J connectivity index is 2.89. The van der Waals surface area contributed by atoms with E-state index >= 15 is 0 Å². The van der Waals surface area contributed by atoms with Crippen LogP contribution in [0.25, 0.3) is 0 Å². The third kappa shape index (κ3) is 4.51. The van der Waals surface area contributed by atoms with E-state index in [-0.39, 0.29) is 6.61 Å². The molecule has 0 radical (unpaired) electrons. The normalized spacial score (nSPS) is 30.3. The van der Waals surface area contributed by atoms with Gasteiger partial charge in [-0.2, -0.15) is 0 Å². The van der Waals surface area contributed by atoms with Crippen LogP contribution in [-0.2, 0) is 33.3 Å². The lowest BCUT2D eigenvalue weighted by Crippen LogP contribution is -2.56. The molecule has 19 heavy (non-hydrogen) atoms. The highest BCUT2D eigenvalue weighted by Gasteiger charge is 2.44. The van der Waals surface area contributed by atoms with Crippen LogP contribution in [0, 0.1) is 0 Å². The van der Waals surface area contributed by atoms with Gasteiger partial charge in [0, 0.05) is 20.8 Å². The second-order valence-corrected chi connectivity index (χ2v) is 4.33. The molecule has 108 valence electrons. The first-order chi connectivity index (χ1) is 8.81. The van der Waals surface area contributed by atoms with Gasteiger partial charge >= 0.3 is 17.9 Å². The van der Waals surface area contributed by atoms with Crippen LogP contribution in [0.3, 0.4) is 0 Å². The minimum Gasteiger partial charge on any atom is -0.456 e. The van der Waals surface area contributed by atoms with Crippen LogP contribution < -0.4 is 0 Å². The zero-order chi connectivity index (χ0) is 14.6. The lowest BCUT2D eigenvalue weighted by Gasteiger charge is -2.39. The van der Waals surface area contributed by atoms with E-state index in [4.69, 9.17) is 18.9 Å². The molecule has 1 saturated heterocycles. The van der Waals surface area contributed by atoms with Crippen molar-refractivity contribution in [2.45, 2.75) is 52.1 Å². The van der Waals surface area contributed by atoms with E-state index in [1.807, 2.05) is 0 Å². The van der Waals surface area contributed by atoms with Gasteiger partial charge < -0.3 is 18.9 Å². The zero-order valence-corrected chi connectivity index (χ0v) is 11.4. The highest BCUT2D eigenvalue weighted by Crippen LogP contribution is 2.24.